The molecule has 142 valence electrons. The molecule has 1 fully saturated rings. The van der Waals surface area contributed by atoms with Crippen molar-refractivity contribution in [2.75, 3.05) is 6.54 Å². The first-order chi connectivity index (χ1) is 13.0. The highest BCUT2D eigenvalue weighted by Gasteiger charge is 2.46. The number of carbonyl (C=O) groups is 2. The minimum absolute atomic E-state index is 0.126. The second-order valence-electron chi connectivity index (χ2n) is 7.03. The average molecular weight is 368 g/mol. The van der Waals surface area contributed by atoms with Crippen LogP contribution in [-0.2, 0) is 21.6 Å². The van der Waals surface area contributed by atoms with Crippen LogP contribution in [0.15, 0.2) is 54.6 Å². The van der Waals surface area contributed by atoms with Crippen molar-refractivity contribution < 1.29 is 19.5 Å². The Bertz CT molecular complexity index is 824. The van der Waals surface area contributed by atoms with E-state index < -0.39 is 17.4 Å². The molecule has 6 nitrogen and oxygen atoms in total. The maximum absolute atomic E-state index is 13.0. The summed E-state index contributed by atoms with van der Waals surface area (Å²) in [5.41, 5.74) is 2.82. The van der Waals surface area contributed by atoms with Gasteiger partial charge >= 0.3 is 0 Å². The first kappa shape index (κ1) is 18.9. The minimum atomic E-state index is -0.726. The maximum Gasteiger partial charge on any atom is 0.265 e. The standard InChI is InChI=1S/C21H24N2O4/c1-15(19(24)22-26)23-12-11-21(2,20(23)25)17-9-6-10-18(13-17)27-14-16-7-4-3-5-8-16/h3-10,13,15,26H,11-12,14H2,1-2H3,(H,22,24). The molecule has 1 aliphatic rings. The lowest BCUT2D eigenvalue weighted by Crippen LogP contribution is -2.47. The van der Waals surface area contributed by atoms with Crippen LogP contribution in [0.5, 0.6) is 5.75 Å². The van der Waals surface area contributed by atoms with Gasteiger partial charge in [-0.15, -0.1) is 0 Å². The summed E-state index contributed by atoms with van der Waals surface area (Å²) >= 11 is 0. The van der Waals surface area contributed by atoms with E-state index in [0.717, 1.165) is 11.1 Å². The van der Waals surface area contributed by atoms with Crippen LogP contribution >= 0.6 is 0 Å². The summed E-state index contributed by atoms with van der Waals surface area (Å²) < 4.78 is 5.88. The third-order valence-electron chi connectivity index (χ3n) is 5.26. The van der Waals surface area contributed by atoms with E-state index in [1.165, 1.54) is 4.90 Å². The van der Waals surface area contributed by atoms with Crippen LogP contribution in [0.4, 0.5) is 0 Å². The number of carbonyl (C=O) groups excluding carboxylic acids is 2. The van der Waals surface area contributed by atoms with Gasteiger partial charge in [-0.3, -0.25) is 14.8 Å². The molecule has 6 heteroatoms. The van der Waals surface area contributed by atoms with Gasteiger partial charge in [0.15, 0.2) is 0 Å². The first-order valence-corrected chi connectivity index (χ1v) is 8.98. The van der Waals surface area contributed by atoms with Crippen LogP contribution in [-0.4, -0.2) is 34.5 Å². The number of hydrogen-bond donors (Lipinski definition) is 2. The number of amides is 2. The van der Waals surface area contributed by atoms with Gasteiger partial charge in [0.1, 0.15) is 18.4 Å². The van der Waals surface area contributed by atoms with E-state index in [9.17, 15) is 9.59 Å². The van der Waals surface area contributed by atoms with Crippen LogP contribution < -0.4 is 10.2 Å². The zero-order valence-electron chi connectivity index (χ0n) is 15.5. The third-order valence-corrected chi connectivity index (χ3v) is 5.26. The summed E-state index contributed by atoms with van der Waals surface area (Å²) in [7, 11) is 0. The largest absolute Gasteiger partial charge is 0.489 e. The highest BCUT2D eigenvalue weighted by atomic mass is 16.5. The Morgan fingerprint density at radius 2 is 2.00 bits per heavy atom. The molecule has 0 aromatic heterocycles. The van der Waals surface area contributed by atoms with Crippen molar-refractivity contribution in [3.8, 4) is 5.75 Å². The summed E-state index contributed by atoms with van der Waals surface area (Å²) in [4.78, 5) is 26.2. The van der Waals surface area contributed by atoms with E-state index >= 15 is 0 Å². The average Bonchev–Trinajstić information content (AvgIpc) is 3.02. The molecule has 2 unspecified atom stereocenters. The Kier molecular flexibility index (Phi) is 5.46. The Balaban J connectivity index is 1.76. The molecular formula is C21H24N2O4. The van der Waals surface area contributed by atoms with Gasteiger partial charge in [0.05, 0.1) is 5.41 Å². The molecule has 2 amide bonds. The van der Waals surface area contributed by atoms with Crippen LogP contribution in [0.2, 0.25) is 0 Å². The van der Waals surface area contributed by atoms with Crippen molar-refractivity contribution in [2.45, 2.75) is 38.3 Å². The van der Waals surface area contributed by atoms with Crippen LogP contribution in [0.25, 0.3) is 0 Å². The fraction of sp³-hybridized carbons (Fsp3) is 0.333. The van der Waals surface area contributed by atoms with E-state index in [1.807, 2.05) is 61.5 Å². The van der Waals surface area contributed by atoms with Crippen molar-refractivity contribution in [1.82, 2.24) is 10.4 Å². The molecule has 1 heterocycles. The summed E-state index contributed by atoms with van der Waals surface area (Å²) in [5, 5.41) is 8.83. The van der Waals surface area contributed by atoms with Gasteiger partial charge in [-0.2, -0.15) is 0 Å². The Labute approximate surface area is 158 Å². The Morgan fingerprint density at radius 3 is 2.70 bits per heavy atom. The molecule has 1 saturated heterocycles. The predicted octanol–water partition coefficient (Wildman–Crippen LogP) is 2.65. The van der Waals surface area contributed by atoms with Crippen LogP contribution in [0.3, 0.4) is 0 Å². The van der Waals surface area contributed by atoms with E-state index in [1.54, 1.807) is 12.4 Å². The number of hydroxylamine groups is 1. The number of nitrogens with one attached hydrogen (secondary N) is 1. The summed E-state index contributed by atoms with van der Waals surface area (Å²) in [5.74, 6) is -0.0173. The molecule has 1 aliphatic heterocycles. The molecule has 0 spiro atoms. The first-order valence-electron chi connectivity index (χ1n) is 8.98. The van der Waals surface area contributed by atoms with E-state index in [-0.39, 0.29) is 5.91 Å². The summed E-state index contributed by atoms with van der Waals surface area (Å²) in [6, 6.07) is 16.7. The number of ether oxygens (including phenoxy) is 1. The lowest BCUT2D eigenvalue weighted by Gasteiger charge is -2.27. The number of rotatable bonds is 6. The molecule has 0 aliphatic carbocycles. The summed E-state index contributed by atoms with van der Waals surface area (Å²) in [6.45, 7) is 4.40. The zero-order valence-corrected chi connectivity index (χ0v) is 15.5. The number of nitrogens with zero attached hydrogens (tertiary/aromatic N) is 1. The highest BCUT2D eigenvalue weighted by Crippen LogP contribution is 2.37. The van der Waals surface area contributed by atoms with Crippen LogP contribution in [0, 0.1) is 0 Å². The number of hydrogen-bond acceptors (Lipinski definition) is 4. The smallest absolute Gasteiger partial charge is 0.265 e. The van der Waals surface area contributed by atoms with Gasteiger partial charge in [-0.05, 0) is 43.5 Å². The SMILES string of the molecule is CC(C(=O)NO)N1CCC(C)(c2cccc(OCc3ccccc3)c2)C1=O. The van der Waals surface area contributed by atoms with Crippen molar-refractivity contribution >= 4 is 11.8 Å². The summed E-state index contributed by atoms with van der Waals surface area (Å²) in [6.07, 6.45) is 0.594. The van der Waals surface area contributed by atoms with Gasteiger partial charge < -0.3 is 9.64 Å². The molecule has 2 aromatic rings. The molecule has 2 aromatic carbocycles. The minimum Gasteiger partial charge on any atom is -0.489 e. The molecule has 0 bridgehead atoms. The van der Waals surface area contributed by atoms with Crippen molar-refractivity contribution in [1.29, 1.82) is 0 Å². The normalized spacial score (nSPS) is 20.4. The van der Waals surface area contributed by atoms with Gasteiger partial charge in [-0.25, -0.2) is 5.48 Å². The molecule has 27 heavy (non-hydrogen) atoms. The topological polar surface area (TPSA) is 78.9 Å². The van der Waals surface area contributed by atoms with E-state index in [4.69, 9.17) is 9.94 Å². The molecule has 0 saturated carbocycles. The highest BCUT2D eigenvalue weighted by molar-refractivity contribution is 5.94. The maximum atomic E-state index is 13.0. The second kappa shape index (κ2) is 7.80. The third kappa shape index (κ3) is 3.80. The van der Waals surface area contributed by atoms with Gasteiger partial charge in [0.2, 0.25) is 5.91 Å². The van der Waals surface area contributed by atoms with Gasteiger partial charge in [0, 0.05) is 6.54 Å². The molecule has 3 rings (SSSR count). The fourth-order valence-electron chi connectivity index (χ4n) is 3.41. The van der Waals surface area contributed by atoms with Gasteiger partial charge in [-0.1, -0.05) is 42.5 Å². The second-order valence-corrected chi connectivity index (χ2v) is 7.03. The number of likely N-dealkylation sites (tertiary alicyclic amines) is 1. The predicted molar refractivity (Wildman–Crippen MR) is 100 cm³/mol. The van der Waals surface area contributed by atoms with Crippen molar-refractivity contribution in [3.05, 3.63) is 65.7 Å². The lowest BCUT2D eigenvalue weighted by molar-refractivity contribution is -0.143. The van der Waals surface area contributed by atoms with E-state index in [0.29, 0.717) is 25.3 Å². The van der Waals surface area contributed by atoms with Crippen molar-refractivity contribution in [2.24, 2.45) is 0 Å². The molecular weight excluding hydrogens is 344 g/mol. The van der Waals surface area contributed by atoms with Gasteiger partial charge in [0.25, 0.3) is 5.91 Å². The Hall–Kier alpha value is -2.86. The molecule has 2 N–H and O–H groups in total. The van der Waals surface area contributed by atoms with E-state index in [2.05, 4.69) is 0 Å². The van der Waals surface area contributed by atoms with Crippen molar-refractivity contribution in [3.63, 3.8) is 0 Å². The Morgan fingerprint density at radius 1 is 1.26 bits per heavy atom. The number of benzene rings is 2. The molecule has 2 atom stereocenters. The fourth-order valence-corrected chi connectivity index (χ4v) is 3.41. The lowest BCUT2D eigenvalue weighted by atomic mass is 9.81. The zero-order chi connectivity index (χ0) is 19.4. The molecule has 0 radical (unpaired) electrons. The van der Waals surface area contributed by atoms with Crippen LogP contribution in [0.1, 0.15) is 31.4 Å². The monoisotopic (exact) mass is 368 g/mol. The quantitative estimate of drug-likeness (QED) is 0.607.